The zero-order chi connectivity index (χ0) is 21.0. The number of benzene rings is 1. The van der Waals surface area contributed by atoms with Crippen LogP contribution in [-0.4, -0.2) is 26.2 Å². The van der Waals surface area contributed by atoms with Gasteiger partial charge in [0.2, 0.25) is 23.5 Å². The van der Waals surface area contributed by atoms with E-state index in [1.54, 1.807) is 19.1 Å². The minimum atomic E-state index is -0.444. The number of halogens is 1. The fourth-order valence-corrected chi connectivity index (χ4v) is 2.56. The molecular formula is C20H24FN5O3. The lowest BCUT2D eigenvalue weighted by Crippen LogP contribution is -2.26. The molecule has 0 bridgehead atoms. The molecule has 0 aliphatic carbocycles. The Labute approximate surface area is 167 Å². The summed E-state index contributed by atoms with van der Waals surface area (Å²) < 4.78 is 23.5. The number of carbonyl (C=O) groups is 1. The largest absolute Gasteiger partial charge is 0.345 e. The molecule has 9 heteroatoms. The number of hydrogen-bond donors (Lipinski definition) is 1. The number of aryl methyl sites for hydroxylation is 1. The van der Waals surface area contributed by atoms with Crippen molar-refractivity contribution in [1.82, 2.24) is 25.6 Å². The summed E-state index contributed by atoms with van der Waals surface area (Å²) in [5, 5.41) is 10.7. The first-order chi connectivity index (χ1) is 13.7. The monoisotopic (exact) mass is 401 g/mol. The molecule has 8 nitrogen and oxygen atoms in total. The van der Waals surface area contributed by atoms with Crippen LogP contribution < -0.4 is 5.32 Å². The smallest absolute Gasteiger partial charge is 0.249 e. The van der Waals surface area contributed by atoms with Crippen LogP contribution in [-0.2, 0) is 16.6 Å². The van der Waals surface area contributed by atoms with Crippen molar-refractivity contribution in [2.75, 3.05) is 0 Å². The third-order valence-corrected chi connectivity index (χ3v) is 4.23. The van der Waals surface area contributed by atoms with Crippen LogP contribution in [0.5, 0.6) is 0 Å². The Kier molecular flexibility index (Phi) is 6.05. The van der Waals surface area contributed by atoms with E-state index in [9.17, 15) is 9.18 Å². The van der Waals surface area contributed by atoms with Crippen LogP contribution >= 0.6 is 0 Å². The first-order valence-corrected chi connectivity index (χ1v) is 9.44. The second-order valence-corrected chi connectivity index (χ2v) is 7.87. The van der Waals surface area contributed by atoms with E-state index in [2.05, 4.69) is 25.6 Å². The van der Waals surface area contributed by atoms with Gasteiger partial charge >= 0.3 is 0 Å². The molecule has 1 atom stereocenters. The second kappa shape index (κ2) is 8.50. The molecule has 0 saturated carbocycles. The molecule has 1 unspecified atom stereocenters. The fraction of sp³-hybridized carbons (Fsp3) is 0.450. The lowest BCUT2D eigenvalue weighted by molar-refractivity contribution is -0.122. The number of rotatable bonds is 7. The molecule has 2 aromatic heterocycles. The Morgan fingerprint density at radius 3 is 2.52 bits per heavy atom. The first kappa shape index (κ1) is 20.6. The first-order valence-electron chi connectivity index (χ1n) is 9.44. The normalized spacial score (nSPS) is 12.7. The van der Waals surface area contributed by atoms with Crippen molar-refractivity contribution in [3.63, 3.8) is 0 Å². The van der Waals surface area contributed by atoms with E-state index < -0.39 is 6.04 Å². The number of carbonyl (C=O) groups excluding carboxylic acids is 1. The van der Waals surface area contributed by atoms with Crippen molar-refractivity contribution in [2.45, 2.75) is 58.4 Å². The summed E-state index contributed by atoms with van der Waals surface area (Å²) in [6, 6.07) is 5.33. The van der Waals surface area contributed by atoms with Gasteiger partial charge in [-0.05, 0) is 37.6 Å². The predicted octanol–water partition coefficient (Wildman–Crippen LogP) is 3.76. The summed E-state index contributed by atoms with van der Waals surface area (Å²) in [5.41, 5.74) is 0.458. The summed E-state index contributed by atoms with van der Waals surface area (Å²) in [4.78, 5) is 20.8. The Morgan fingerprint density at radius 2 is 1.86 bits per heavy atom. The fourth-order valence-electron chi connectivity index (χ4n) is 2.56. The van der Waals surface area contributed by atoms with Gasteiger partial charge in [0.15, 0.2) is 5.82 Å². The van der Waals surface area contributed by atoms with Gasteiger partial charge in [-0.1, -0.05) is 31.1 Å². The molecule has 1 aromatic carbocycles. The van der Waals surface area contributed by atoms with E-state index in [1.807, 2.05) is 20.8 Å². The van der Waals surface area contributed by atoms with Crippen molar-refractivity contribution in [3.8, 4) is 11.4 Å². The molecule has 0 saturated heterocycles. The number of nitrogens with zero attached hydrogens (tertiary/aromatic N) is 4. The second-order valence-electron chi connectivity index (χ2n) is 7.87. The molecule has 0 radical (unpaired) electrons. The van der Waals surface area contributed by atoms with Gasteiger partial charge in [0, 0.05) is 23.8 Å². The standard InChI is InChI=1S/C20H24FN5O3/c1-12(18-24-17(25-29-18)13-8-10-14(21)11-9-13)22-15(27)6-5-7-16-23-19(26-28-16)20(2,3)4/h8-12H,5-7H2,1-4H3,(H,22,27). The van der Waals surface area contributed by atoms with Crippen molar-refractivity contribution < 1.29 is 18.2 Å². The van der Waals surface area contributed by atoms with Crippen LogP contribution in [0.3, 0.4) is 0 Å². The van der Waals surface area contributed by atoms with Crippen LogP contribution in [0.25, 0.3) is 11.4 Å². The van der Waals surface area contributed by atoms with E-state index in [0.717, 1.165) is 0 Å². The van der Waals surface area contributed by atoms with Crippen LogP contribution in [0.15, 0.2) is 33.3 Å². The number of amides is 1. The average Bonchev–Trinajstić information content (AvgIpc) is 3.31. The summed E-state index contributed by atoms with van der Waals surface area (Å²) in [6.07, 6.45) is 1.41. The Hall–Kier alpha value is -3.10. The molecule has 0 aliphatic heterocycles. The average molecular weight is 401 g/mol. The topological polar surface area (TPSA) is 107 Å². The molecular weight excluding hydrogens is 377 g/mol. The van der Waals surface area contributed by atoms with Gasteiger partial charge < -0.3 is 14.4 Å². The van der Waals surface area contributed by atoms with Crippen LogP contribution in [0.1, 0.15) is 64.2 Å². The SMILES string of the molecule is CC(NC(=O)CCCc1nc(C(C)(C)C)no1)c1nc(-c2ccc(F)cc2)no1. The Bertz CT molecular complexity index is 959. The zero-order valence-corrected chi connectivity index (χ0v) is 16.9. The van der Waals surface area contributed by atoms with Gasteiger partial charge in [0.25, 0.3) is 0 Å². The van der Waals surface area contributed by atoms with Crippen LogP contribution in [0, 0.1) is 5.82 Å². The van der Waals surface area contributed by atoms with Gasteiger partial charge in [-0.3, -0.25) is 4.79 Å². The summed E-state index contributed by atoms with van der Waals surface area (Å²) >= 11 is 0. The Morgan fingerprint density at radius 1 is 1.14 bits per heavy atom. The minimum absolute atomic E-state index is 0.144. The van der Waals surface area contributed by atoms with E-state index >= 15 is 0 Å². The number of aromatic nitrogens is 4. The number of hydrogen-bond acceptors (Lipinski definition) is 7. The van der Waals surface area contributed by atoms with E-state index in [4.69, 9.17) is 9.05 Å². The molecule has 29 heavy (non-hydrogen) atoms. The van der Waals surface area contributed by atoms with Crippen molar-refractivity contribution >= 4 is 5.91 Å². The Balaban J connectivity index is 1.48. The van der Waals surface area contributed by atoms with E-state index in [1.165, 1.54) is 12.1 Å². The highest BCUT2D eigenvalue weighted by molar-refractivity contribution is 5.76. The molecule has 0 aliphatic rings. The van der Waals surface area contributed by atoms with Gasteiger partial charge in [-0.25, -0.2) is 4.39 Å². The van der Waals surface area contributed by atoms with Gasteiger partial charge in [-0.15, -0.1) is 0 Å². The van der Waals surface area contributed by atoms with Gasteiger partial charge in [0.1, 0.15) is 11.9 Å². The third kappa shape index (κ3) is 5.46. The highest BCUT2D eigenvalue weighted by atomic mass is 19.1. The van der Waals surface area contributed by atoms with Crippen LogP contribution in [0.2, 0.25) is 0 Å². The molecule has 3 rings (SSSR count). The quantitative estimate of drug-likeness (QED) is 0.642. The third-order valence-electron chi connectivity index (χ3n) is 4.23. The zero-order valence-electron chi connectivity index (χ0n) is 16.9. The molecule has 0 spiro atoms. The highest BCUT2D eigenvalue weighted by Crippen LogP contribution is 2.20. The molecule has 3 aromatic rings. The molecule has 1 amide bonds. The van der Waals surface area contributed by atoms with Crippen molar-refractivity contribution in [3.05, 3.63) is 47.7 Å². The van der Waals surface area contributed by atoms with Gasteiger partial charge in [-0.2, -0.15) is 9.97 Å². The summed E-state index contributed by atoms with van der Waals surface area (Å²) in [6.45, 7) is 7.79. The van der Waals surface area contributed by atoms with Crippen molar-refractivity contribution in [1.29, 1.82) is 0 Å². The lowest BCUT2D eigenvalue weighted by atomic mass is 9.96. The molecule has 2 heterocycles. The minimum Gasteiger partial charge on any atom is -0.345 e. The number of nitrogens with one attached hydrogen (secondary N) is 1. The van der Waals surface area contributed by atoms with Gasteiger partial charge in [0.05, 0.1) is 0 Å². The van der Waals surface area contributed by atoms with Crippen LogP contribution in [0.4, 0.5) is 4.39 Å². The lowest BCUT2D eigenvalue weighted by Gasteiger charge is -2.10. The summed E-state index contributed by atoms with van der Waals surface area (Å²) in [7, 11) is 0. The summed E-state index contributed by atoms with van der Waals surface area (Å²) in [5.74, 6) is 1.31. The molecule has 0 fully saturated rings. The van der Waals surface area contributed by atoms with Crippen molar-refractivity contribution in [2.24, 2.45) is 0 Å². The van der Waals surface area contributed by atoms with E-state index in [-0.39, 0.29) is 23.0 Å². The predicted molar refractivity (Wildman–Crippen MR) is 102 cm³/mol. The molecule has 154 valence electrons. The highest BCUT2D eigenvalue weighted by Gasteiger charge is 2.21. The maximum Gasteiger partial charge on any atom is 0.249 e. The maximum absolute atomic E-state index is 13.0. The maximum atomic E-state index is 13.0. The van der Waals surface area contributed by atoms with E-state index in [0.29, 0.717) is 42.4 Å². The molecule has 1 N–H and O–H groups in total.